The van der Waals surface area contributed by atoms with Gasteiger partial charge in [0.25, 0.3) is 0 Å². The van der Waals surface area contributed by atoms with E-state index in [1.807, 2.05) is 0 Å². The summed E-state index contributed by atoms with van der Waals surface area (Å²) in [4.78, 5) is 4.46. The van der Waals surface area contributed by atoms with Gasteiger partial charge in [0.2, 0.25) is 0 Å². The quantitative estimate of drug-likeness (QED) is 0.877. The van der Waals surface area contributed by atoms with Gasteiger partial charge >= 0.3 is 6.61 Å². The van der Waals surface area contributed by atoms with Crippen molar-refractivity contribution in [2.75, 3.05) is 12.8 Å². The van der Waals surface area contributed by atoms with E-state index in [0.717, 1.165) is 17.8 Å². The van der Waals surface area contributed by atoms with Gasteiger partial charge in [0.1, 0.15) is 10.7 Å². The molecular formula is C14H16F2N2O2S. The fraction of sp³-hybridized carbons (Fsp3) is 0.357. The molecule has 7 heteroatoms. The lowest BCUT2D eigenvalue weighted by atomic mass is 10.1. The first-order valence-electron chi connectivity index (χ1n) is 6.43. The summed E-state index contributed by atoms with van der Waals surface area (Å²) in [6, 6.07) is 4.75. The van der Waals surface area contributed by atoms with E-state index in [2.05, 4.69) is 16.6 Å². The third-order valence-electron chi connectivity index (χ3n) is 2.81. The van der Waals surface area contributed by atoms with Crippen LogP contribution >= 0.6 is 11.3 Å². The van der Waals surface area contributed by atoms with Gasteiger partial charge in [0.15, 0.2) is 11.5 Å². The Morgan fingerprint density at radius 2 is 2.10 bits per heavy atom. The highest BCUT2D eigenvalue weighted by atomic mass is 32.1. The largest absolute Gasteiger partial charge is 0.493 e. The van der Waals surface area contributed by atoms with Crippen LogP contribution in [-0.2, 0) is 6.42 Å². The summed E-state index contributed by atoms with van der Waals surface area (Å²) in [6.07, 6.45) is 1.81. The molecule has 0 atom stereocenters. The molecule has 2 aromatic rings. The summed E-state index contributed by atoms with van der Waals surface area (Å²) in [6.45, 7) is -0.864. The lowest BCUT2D eigenvalue weighted by Gasteiger charge is -2.11. The summed E-state index contributed by atoms with van der Waals surface area (Å²) in [5.41, 5.74) is 7.18. The first-order valence-corrected chi connectivity index (χ1v) is 7.25. The molecule has 4 nitrogen and oxygen atoms in total. The second-order valence-corrected chi connectivity index (χ2v) is 5.43. The molecule has 0 unspecified atom stereocenters. The maximum atomic E-state index is 12.4. The lowest BCUT2D eigenvalue weighted by Crippen LogP contribution is -2.03. The van der Waals surface area contributed by atoms with E-state index in [4.69, 9.17) is 10.5 Å². The normalized spacial score (nSPS) is 10.9. The smallest absolute Gasteiger partial charge is 0.387 e. The number of rotatable bonds is 6. The van der Waals surface area contributed by atoms with Gasteiger partial charge in [-0.25, -0.2) is 4.98 Å². The van der Waals surface area contributed by atoms with Crippen LogP contribution in [-0.4, -0.2) is 18.7 Å². The number of nitrogens with two attached hydrogens (primary N) is 1. The van der Waals surface area contributed by atoms with Crippen molar-refractivity contribution in [3.05, 3.63) is 23.2 Å². The standard InChI is InChI=1S/C14H16F2N2O2S/c1-3-4-11-18-12(13(17)21-11)8-5-6-9(19-2)10(7-8)20-14(15)16/h5-7,14H,3-4,17H2,1-2H3. The number of hydrogen-bond donors (Lipinski definition) is 1. The molecular weight excluding hydrogens is 298 g/mol. The van der Waals surface area contributed by atoms with E-state index in [-0.39, 0.29) is 11.5 Å². The number of halogens is 2. The summed E-state index contributed by atoms with van der Waals surface area (Å²) in [7, 11) is 1.39. The summed E-state index contributed by atoms with van der Waals surface area (Å²) < 4.78 is 34.4. The van der Waals surface area contributed by atoms with Crippen LogP contribution in [0, 0.1) is 0 Å². The number of anilines is 1. The van der Waals surface area contributed by atoms with E-state index in [1.165, 1.54) is 24.5 Å². The minimum atomic E-state index is -2.92. The van der Waals surface area contributed by atoms with Crippen LogP contribution in [0.4, 0.5) is 13.8 Å². The van der Waals surface area contributed by atoms with Gasteiger partial charge in [-0.1, -0.05) is 6.92 Å². The van der Waals surface area contributed by atoms with E-state index in [0.29, 0.717) is 16.3 Å². The molecule has 0 radical (unpaired) electrons. The number of ether oxygens (including phenoxy) is 2. The van der Waals surface area contributed by atoms with Gasteiger partial charge < -0.3 is 15.2 Å². The highest BCUT2D eigenvalue weighted by molar-refractivity contribution is 7.16. The van der Waals surface area contributed by atoms with E-state index in [9.17, 15) is 8.78 Å². The molecule has 0 bridgehead atoms. The van der Waals surface area contributed by atoms with Crippen molar-refractivity contribution in [2.45, 2.75) is 26.4 Å². The highest BCUT2D eigenvalue weighted by Gasteiger charge is 2.15. The van der Waals surface area contributed by atoms with Crippen molar-refractivity contribution < 1.29 is 18.3 Å². The Morgan fingerprint density at radius 3 is 2.71 bits per heavy atom. The number of thiazole rings is 1. The van der Waals surface area contributed by atoms with Crippen LogP contribution in [0.5, 0.6) is 11.5 Å². The number of nitrogens with zero attached hydrogens (tertiary/aromatic N) is 1. The molecule has 0 aliphatic carbocycles. The molecule has 0 aliphatic rings. The minimum absolute atomic E-state index is 0.0329. The molecule has 1 aromatic heterocycles. The number of aryl methyl sites for hydroxylation is 1. The zero-order valence-electron chi connectivity index (χ0n) is 11.7. The first kappa shape index (κ1) is 15.5. The molecule has 0 fully saturated rings. The number of aromatic nitrogens is 1. The third kappa shape index (κ3) is 3.60. The topological polar surface area (TPSA) is 57.4 Å². The Morgan fingerprint density at radius 1 is 1.33 bits per heavy atom. The van der Waals surface area contributed by atoms with Crippen molar-refractivity contribution in [1.29, 1.82) is 0 Å². The van der Waals surface area contributed by atoms with E-state index in [1.54, 1.807) is 12.1 Å². The Hall–Kier alpha value is -1.89. The number of alkyl halides is 2. The SMILES string of the molecule is CCCc1nc(-c2ccc(OC)c(OC(F)F)c2)c(N)s1. The molecule has 2 rings (SSSR count). The second-order valence-electron chi connectivity index (χ2n) is 4.31. The number of hydrogen-bond acceptors (Lipinski definition) is 5. The zero-order chi connectivity index (χ0) is 15.4. The summed E-state index contributed by atoms with van der Waals surface area (Å²) in [5.74, 6) is 0.205. The zero-order valence-corrected chi connectivity index (χ0v) is 12.5. The van der Waals surface area contributed by atoms with Crippen LogP contribution in [0.3, 0.4) is 0 Å². The fourth-order valence-corrected chi connectivity index (χ4v) is 2.87. The van der Waals surface area contributed by atoms with Crippen molar-refractivity contribution >= 4 is 16.3 Å². The summed E-state index contributed by atoms with van der Waals surface area (Å²) >= 11 is 1.41. The second kappa shape index (κ2) is 6.71. The first-order chi connectivity index (χ1) is 10.0. The summed E-state index contributed by atoms with van der Waals surface area (Å²) in [5, 5.41) is 1.49. The Labute approximate surface area is 125 Å². The van der Waals surface area contributed by atoms with Crippen LogP contribution in [0.1, 0.15) is 18.4 Å². The van der Waals surface area contributed by atoms with Gasteiger partial charge in [-0.2, -0.15) is 8.78 Å². The third-order valence-corrected chi connectivity index (χ3v) is 3.76. The Balaban J connectivity index is 2.39. The van der Waals surface area contributed by atoms with E-state index >= 15 is 0 Å². The van der Waals surface area contributed by atoms with Gasteiger partial charge in [-0.05, 0) is 31.0 Å². The van der Waals surface area contributed by atoms with Gasteiger partial charge in [0.05, 0.1) is 12.1 Å². The lowest BCUT2D eigenvalue weighted by molar-refractivity contribution is -0.0511. The number of benzene rings is 1. The van der Waals surface area contributed by atoms with Crippen molar-refractivity contribution in [1.82, 2.24) is 4.98 Å². The average molecular weight is 314 g/mol. The van der Waals surface area contributed by atoms with Gasteiger partial charge in [-0.3, -0.25) is 0 Å². The van der Waals surface area contributed by atoms with Gasteiger partial charge in [-0.15, -0.1) is 11.3 Å². The minimum Gasteiger partial charge on any atom is -0.493 e. The maximum Gasteiger partial charge on any atom is 0.387 e. The van der Waals surface area contributed by atoms with Crippen molar-refractivity contribution in [3.63, 3.8) is 0 Å². The van der Waals surface area contributed by atoms with Crippen LogP contribution in [0.2, 0.25) is 0 Å². The molecule has 0 amide bonds. The van der Waals surface area contributed by atoms with E-state index < -0.39 is 6.61 Å². The van der Waals surface area contributed by atoms with Crippen molar-refractivity contribution in [3.8, 4) is 22.8 Å². The molecule has 0 saturated carbocycles. The molecule has 2 N–H and O–H groups in total. The predicted molar refractivity (Wildman–Crippen MR) is 79.1 cm³/mol. The van der Waals surface area contributed by atoms with Crippen LogP contribution in [0.15, 0.2) is 18.2 Å². The number of methoxy groups -OCH3 is 1. The molecule has 1 aromatic carbocycles. The Kier molecular flexibility index (Phi) is 4.95. The Bertz CT molecular complexity index is 617. The molecule has 1 heterocycles. The van der Waals surface area contributed by atoms with Gasteiger partial charge in [0, 0.05) is 5.56 Å². The number of nitrogen functional groups attached to an aromatic ring is 1. The fourth-order valence-electron chi connectivity index (χ4n) is 1.92. The molecule has 0 spiro atoms. The maximum absolute atomic E-state index is 12.4. The predicted octanol–water partition coefficient (Wildman–Crippen LogP) is 3.95. The monoisotopic (exact) mass is 314 g/mol. The van der Waals surface area contributed by atoms with Crippen LogP contribution in [0.25, 0.3) is 11.3 Å². The molecule has 114 valence electrons. The molecule has 0 saturated heterocycles. The van der Waals surface area contributed by atoms with Crippen molar-refractivity contribution in [2.24, 2.45) is 0 Å². The van der Waals surface area contributed by atoms with Crippen LogP contribution < -0.4 is 15.2 Å². The molecule has 21 heavy (non-hydrogen) atoms. The average Bonchev–Trinajstić information content (AvgIpc) is 2.79. The highest BCUT2D eigenvalue weighted by Crippen LogP contribution is 2.37. The molecule has 0 aliphatic heterocycles.